The SMILES string of the molecule is NC[C@H]1O[C@@H](O[C@@H](CNC(=O)Nc2ccc(Oc3ccccc3)cc2)[C@@H]2C[C@@H](O)[C@H](n3ccc(=O)[nH]c3=O)O2)[C@H](O)[C@@H]1O. The van der Waals surface area contributed by atoms with Gasteiger partial charge in [0.2, 0.25) is 0 Å². The predicted octanol–water partition coefficient (Wildman–Crippen LogP) is -0.410. The number of amides is 2. The van der Waals surface area contributed by atoms with Crippen LogP contribution in [0.5, 0.6) is 11.5 Å². The summed E-state index contributed by atoms with van der Waals surface area (Å²) >= 11 is 0. The summed E-state index contributed by atoms with van der Waals surface area (Å²) in [4.78, 5) is 38.6. The molecule has 3 aromatic rings. The van der Waals surface area contributed by atoms with Crippen LogP contribution in [-0.4, -0.2) is 86.9 Å². The van der Waals surface area contributed by atoms with Crippen LogP contribution in [0.25, 0.3) is 0 Å². The fourth-order valence-corrected chi connectivity index (χ4v) is 4.86. The molecule has 2 fully saturated rings. The Hall–Kier alpha value is -4.09. The van der Waals surface area contributed by atoms with E-state index in [1.807, 2.05) is 30.3 Å². The van der Waals surface area contributed by atoms with Crippen LogP contribution in [0, 0.1) is 0 Å². The molecule has 0 unspecified atom stereocenters. The molecule has 0 spiro atoms. The van der Waals surface area contributed by atoms with Gasteiger partial charge in [-0.3, -0.25) is 14.3 Å². The van der Waals surface area contributed by atoms with Crippen LogP contribution in [0.4, 0.5) is 10.5 Å². The number of hydrogen-bond acceptors (Lipinski definition) is 11. The third-order valence-corrected chi connectivity index (χ3v) is 7.07. The maximum Gasteiger partial charge on any atom is 0.330 e. The second-order valence-corrected chi connectivity index (χ2v) is 10.1. The number of nitrogens with two attached hydrogens (primary N) is 1. The lowest BCUT2D eigenvalue weighted by Crippen LogP contribution is -2.46. The molecule has 43 heavy (non-hydrogen) atoms. The molecule has 0 bridgehead atoms. The van der Waals surface area contributed by atoms with Crippen molar-refractivity contribution in [2.75, 3.05) is 18.4 Å². The third-order valence-electron chi connectivity index (χ3n) is 7.07. The highest BCUT2D eigenvalue weighted by Crippen LogP contribution is 2.32. The van der Waals surface area contributed by atoms with Crippen molar-refractivity contribution in [1.82, 2.24) is 14.9 Å². The number of carbonyl (C=O) groups is 1. The molecule has 8 N–H and O–H groups in total. The van der Waals surface area contributed by atoms with E-state index in [-0.39, 0.29) is 19.5 Å². The van der Waals surface area contributed by atoms with Gasteiger partial charge in [-0.2, -0.15) is 0 Å². The van der Waals surface area contributed by atoms with Gasteiger partial charge in [-0.1, -0.05) is 18.2 Å². The fraction of sp³-hybridized carbons (Fsp3) is 0.393. The number of aromatic nitrogens is 2. The maximum atomic E-state index is 12.8. The molecule has 3 heterocycles. The van der Waals surface area contributed by atoms with Crippen LogP contribution in [0.15, 0.2) is 76.4 Å². The first-order valence-electron chi connectivity index (χ1n) is 13.6. The largest absolute Gasteiger partial charge is 0.457 e. The van der Waals surface area contributed by atoms with E-state index < -0.39 is 66.4 Å². The minimum atomic E-state index is -1.44. The number of ether oxygens (including phenoxy) is 4. The van der Waals surface area contributed by atoms with Gasteiger partial charge in [0.1, 0.15) is 42.0 Å². The average molecular weight is 600 g/mol. The maximum absolute atomic E-state index is 12.8. The van der Waals surface area contributed by atoms with Gasteiger partial charge >= 0.3 is 11.7 Å². The molecule has 230 valence electrons. The molecule has 15 nitrogen and oxygen atoms in total. The zero-order valence-electron chi connectivity index (χ0n) is 22.8. The summed E-state index contributed by atoms with van der Waals surface area (Å²) in [5.74, 6) is 1.24. The van der Waals surface area contributed by atoms with E-state index in [1.54, 1.807) is 24.3 Å². The Balaban J connectivity index is 1.24. The Morgan fingerprint density at radius 2 is 1.74 bits per heavy atom. The van der Waals surface area contributed by atoms with Gasteiger partial charge in [0.05, 0.1) is 6.10 Å². The standard InChI is InChI=1S/C28H33N5O10/c29-13-20-23(36)24(37)26(42-20)43-21(19-12-18(34)25(41-19)33-11-10-22(35)32-28(33)39)14-30-27(38)31-15-6-8-17(9-7-15)40-16-4-2-1-3-5-16/h1-11,18-21,23-26,34,36-37H,12-14,29H2,(H2,30,31,38)(H,32,35,39)/t18-,19+,20-,21+,23-,24-,25-,26+/m1/s1. The number of H-pyrrole nitrogens is 1. The third kappa shape index (κ3) is 7.29. The van der Waals surface area contributed by atoms with Crippen LogP contribution < -0.4 is 32.4 Å². The van der Waals surface area contributed by atoms with Gasteiger partial charge in [-0.05, 0) is 36.4 Å². The monoisotopic (exact) mass is 599 g/mol. The number of nitrogens with one attached hydrogen (secondary N) is 3. The molecule has 0 aliphatic carbocycles. The summed E-state index contributed by atoms with van der Waals surface area (Å²) in [5.41, 5.74) is 4.69. The van der Waals surface area contributed by atoms with Crippen molar-refractivity contribution < 1.29 is 39.1 Å². The van der Waals surface area contributed by atoms with Gasteiger partial charge < -0.3 is 50.6 Å². The lowest BCUT2D eigenvalue weighted by molar-refractivity contribution is -0.212. The topological polar surface area (TPSA) is 220 Å². The first-order chi connectivity index (χ1) is 20.7. The van der Waals surface area contributed by atoms with Crippen molar-refractivity contribution in [2.24, 2.45) is 5.73 Å². The molecule has 2 saturated heterocycles. The number of hydrogen-bond donors (Lipinski definition) is 7. The molecule has 2 aromatic carbocycles. The van der Waals surface area contributed by atoms with Crippen LogP contribution in [0.3, 0.4) is 0 Å². The van der Waals surface area contributed by atoms with E-state index in [0.717, 1.165) is 10.6 Å². The summed E-state index contributed by atoms with van der Waals surface area (Å²) in [5, 5.41) is 36.7. The first-order valence-corrected chi connectivity index (χ1v) is 13.6. The Kier molecular flexibility index (Phi) is 9.52. The number of urea groups is 1. The molecule has 2 amide bonds. The summed E-state index contributed by atoms with van der Waals surface area (Å²) in [7, 11) is 0. The molecule has 5 rings (SSSR count). The summed E-state index contributed by atoms with van der Waals surface area (Å²) in [6.07, 6.45) is -8.04. The van der Waals surface area contributed by atoms with Gasteiger partial charge in [-0.25, -0.2) is 9.59 Å². The van der Waals surface area contributed by atoms with Crippen molar-refractivity contribution in [3.8, 4) is 11.5 Å². The van der Waals surface area contributed by atoms with Gasteiger partial charge in [0.25, 0.3) is 5.56 Å². The Morgan fingerprint density at radius 1 is 1.02 bits per heavy atom. The minimum absolute atomic E-state index is 0.0290. The highest BCUT2D eigenvalue weighted by Gasteiger charge is 2.47. The highest BCUT2D eigenvalue weighted by molar-refractivity contribution is 5.89. The summed E-state index contributed by atoms with van der Waals surface area (Å²) < 4.78 is 24.2. The van der Waals surface area contributed by atoms with Gasteiger partial charge in [0, 0.05) is 37.5 Å². The lowest BCUT2D eigenvalue weighted by Gasteiger charge is -2.28. The lowest BCUT2D eigenvalue weighted by atomic mass is 10.1. The van der Waals surface area contributed by atoms with Crippen molar-refractivity contribution in [2.45, 2.75) is 55.6 Å². The Morgan fingerprint density at radius 3 is 2.42 bits per heavy atom. The van der Waals surface area contributed by atoms with E-state index in [2.05, 4.69) is 15.6 Å². The Labute approximate surface area is 244 Å². The molecular formula is C28H33N5O10. The first kappa shape index (κ1) is 30.4. The van der Waals surface area contributed by atoms with Gasteiger partial charge in [-0.15, -0.1) is 0 Å². The number of anilines is 1. The number of aliphatic hydroxyl groups excluding tert-OH is 3. The van der Waals surface area contributed by atoms with Crippen LogP contribution in [0.1, 0.15) is 12.6 Å². The van der Waals surface area contributed by atoms with Crippen molar-refractivity contribution in [3.63, 3.8) is 0 Å². The molecule has 2 aliphatic heterocycles. The number of benzene rings is 2. The Bertz CT molecular complexity index is 1480. The number of aromatic amines is 1. The van der Waals surface area contributed by atoms with E-state index in [9.17, 15) is 29.7 Å². The average Bonchev–Trinajstić information content (AvgIpc) is 3.51. The van der Waals surface area contributed by atoms with Crippen LogP contribution in [0.2, 0.25) is 0 Å². The molecule has 0 radical (unpaired) electrons. The van der Waals surface area contributed by atoms with Gasteiger partial charge in [0.15, 0.2) is 12.5 Å². The van der Waals surface area contributed by atoms with E-state index in [4.69, 9.17) is 24.7 Å². The zero-order chi connectivity index (χ0) is 30.5. The molecule has 8 atom stereocenters. The molecular weight excluding hydrogens is 566 g/mol. The highest BCUT2D eigenvalue weighted by atomic mass is 16.7. The zero-order valence-corrected chi connectivity index (χ0v) is 22.8. The van der Waals surface area contributed by atoms with E-state index in [1.165, 1.54) is 6.20 Å². The number of aliphatic hydroxyl groups is 3. The smallest absolute Gasteiger partial charge is 0.330 e. The predicted molar refractivity (Wildman–Crippen MR) is 150 cm³/mol. The quantitative estimate of drug-likeness (QED) is 0.159. The fourth-order valence-electron chi connectivity index (χ4n) is 4.86. The number of rotatable bonds is 10. The normalized spacial score (nSPS) is 27.5. The summed E-state index contributed by atoms with van der Waals surface area (Å²) in [6.45, 7) is -0.254. The number of para-hydroxylation sites is 1. The van der Waals surface area contributed by atoms with E-state index in [0.29, 0.717) is 17.2 Å². The molecule has 1 aromatic heterocycles. The molecule has 0 saturated carbocycles. The number of nitrogens with zero attached hydrogens (tertiary/aromatic N) is 1. The molecule has 2 aliphatic rings. The van der Waals surface area contributed by atoms with Crippen LogP contribution >= 0.6 is 0 Å². The minimum Gasteiger partial charge on any atom is -0.457 e. The van der Waals surface area contributed by atoms with Crippen LogP contribution in [-0.2, 0) is 14.2 Å². The van der Waals surface area contributed by atoms with Crippen molar-refractivity contribution >= 4 is 11.7 Å². The summed E-state index contributed by atoms with van der Waals surface area (Å²) in [6, 6.07) is 16.4. The van der Waals surface area contributed by atoms with Crippen molar-refractivity contribution in [3.05, 3.63) is 87.7 Å². The number of carbonyl (C=O) groups excluding carboxylic acids is 1. The second-order valence-electron chi connectivity index (χ2n) is 10.1. The molecule has 15 heteroatoms. The van der Waals surface area contributed by atoms with E-state index >= 15 is 0 Å². The second kappa shape index (κ2) is 13.5. The van der Waals surface area contributed by atoms with Crippen molar-refractivity contribution in [1.29, 1.82) is 0 Å².